The van der Waals surface area contributed by atoms with E-state index >= 15 is 0 Å². The van der Waals surface area contributed by atoms with Gasteiger partial charge in [-0.15, -0.1) is 6.42 Å². The Morgan fingerprint density at radius 1 is 1.43 bits per heavy atom. The first-order chi connectivity index (χ1) is 6.88. The van der Waals surface area contributed by atoms with Crippen molar-refractivity contribution >= 4 is 0 Å². The van der Waals surface area contributed by atoms with Crippen LogP contribution in [0.5, 0.6) is 0 Å². The highest BCUT2D eigenvalue weighted by atomic mass is 15.2. The molecule has 0 aromatic heterocycles. The molecule has 1 rings (SSSR count). The molecule has 0 aromatic rings. The molecule has 1 saturated carbocycles. The molecule has 0 spiro atoms. The quantitative estimate of drug-likeness (QED) is 0.509. The van der Waals surface area contributed by atoms with Gasteiger partial charge in [-0.2, -0.15) is 0 Å². The molecule has 0 amide bonds. The summed E-state index contributed by atoms with van der Waals surface area (Å²) in [5.41, 5.74) is 0. The van der Waals surface area contributed by atoms with Gasteiger partial charge >= 0.3 is 0 Å². The smallest absolute Gasteiger partial charge is 0.0574 e. The van der Waals surface area contributed by atoms with Crippen molar-refractivity contribution in [3.8, 4) is 12.3 Å². The van der Waals surface area contributed by atoms with Gasteiger partial charge in [-0.3, -0.25) is 4.90 Å². The standard InChI is InChI=1S/C12H22N2/c1-3-9-13-10-11-14(4-2)12-7-5-6-8-12/h1,12-13H,4-11H2,2H3. The third-order valence-electron chi connectivity index (χ3n) is 3.05. The first-order valence-corrected chi connectivity index (χ1v) is 5.76. The van der Waals surface area contributed by atoms with Crippen LogP contribution in [0.4, 0.5) is 0 Å². The highest BCUT2D eigenvalue weighted by Crippen LogP contribution is 2.22. The highest BCUT2D eigenvalue weighted by Gasteiger charge is 2.20. The first kappa shape index (κ1) is 11.6. The molecule has 1 N–H and O–H groups in total. The molecule has 0 radical (unpaired) electrons. The van der Waals surface area contributed by atoms with E-state index in [9.17, 15) is 0 Å². The fourth-order valence-electron chi connectivity index (χ4n) is 2.25. The summed E-state index contributed by atoms with van der Waals surface area (Å²) in [6, 6.07) is 0.840. The van der Waals surface area contributed by atoms with Gasteiger partial charge in [-0.1, -0.05) is 25.7 Å². The van der Waals surface area contributed by atoms with E-state index in [1.165, 1.54) is 32.2 Å². The predicted octanol–water partition coefficient (Wildman–Crippen LogP) is 1.47. The van der Waals surface area contributed by atoms with Gasteiger partial charge < -0.3 is 5.32 Å². The van der Waals surface area contributed by atoms with Crippen molar-refractivity contribution in [1.82, 2.24) is 10.2 Å². The SMILES string of the molecule is C#CCNCCN(CC)C1CCCC1. The van der Waals surface area contributed by atoms with Gasteiger partial charge in [0.1, 0.15) is 0 Å². The van der Waals surface area contributed by atoms with E-state index in [0.29, 0.717) is 6.54 Å². The lowest BCUT2D eigenvalue weighted by Crippen LogP contribution is -2.38. The fourth-order valence-corrected chi connectivity index (χ4v) is 2.25. The largest absolute Gasteiger partial charge is 0.305 e. The van der Waals surface area contributed by atoms with Crippen molar-refractivity contribution in [1.29, 1.82) is 0 Å². The lowest BCUT2D eigenvalue weighted by atomic mass is 10.2. The topological polar surface area (TPSA) is 15.3 Å². The summed E-state index contributed by atoms with van der Waals surface area (Å²) in [6.07, 6.45) is 10.8. The van der Waals surface area contributed by atoms with Crippen LogP contribution in [0.15, 0.2) is 0 Å². The van der Waals surface area contributed by atoms with E-state index < -0.39 is 0 Å². The molecular formula is C12H22N2. The van der Waals surface area contributed by atoms with Crippen LogP contribution >= 0.6 is 0 Å². The van der Waals surface area contributed by atoms with Crippen LogP contribution in [-0.2, 0) is 0 Å². The Bertz CT molecular complexity index is 177. The molecule has 1 aliphatic carbocycles. The molecular weight excluding hydrogens is 172 g/mol. The van der Waals surface area contributed by atoms with Crippen LogP contribution in [0, 0.1) is 12.3 Å². The molecule has 1 fully saturated rings. The Labute approximate surface area is 88.1 Å². The summed E-state index contributed by atoms with van der Waals surface area (Å²) in [6.45, 7) is 6.28. The normalized spacial score (nSPS) is 17.5. The third kappa shape index (κ3) is 3.69. The Balaban J connectivity index is 2.14. The van der Waals surface area contributed by atoms with Crippen molar-refractivity contribution in [2.45, 2.75) is 38.6 Å². The molecule has 2 nitrogen and oxygen atoms in total. The van der Waals surface area contributed by atoms with Gasteiger partial charge in [0.2, 0.25) is 0 Å². The number of rotatable bonds is 6. The summed E-state index contributed by atoms with van der Waals surface area (Å²) >= 11 is 0. The zero-order valence-corrected chi connectivity index (χ0v) is 9.26. The fraction of sp³-hybridized carbons (Fsp3) is 0.833. The van der Waals surface area contributed by atoms with Crippen LogP contribution in [0.25, 0.3) is 0 Å². The maximum absolute atomic E-state index is 5.17. The maximum atomic E-state index is 5.17. The molecule has 0 unspecified atom stereocenters. The number of nitrogens with zero attached hydrogens (tertiary/aromatic N) is 1. The molecule has 80 valence electrons. The van der Waals surface area contributed by atoms with Gasteiger partial charge in [0.15, 0.2) is 0 Å². The Morgan fingerprint density at radius 2 is 2.14 bits per heavy atom. The molecule has 0 bridgehead atoms. The minimum Gasteiger partial charge on any atom is -0.305 e. The number of hydrogen-bond donors (Lipinski definition) is 1. The average Bonchev–Trinajstić information content (AvgIpc) is 2.71. The minimum atomic E-state index is 0.697. The van der Waals surface area contributed by atoms with Crippen molar-refractivity contribution in [3.05, 3.63) is 0 Å². The minimum absolute atomic E-state index is 0.697. The van der Waals surface area contributed by atoms with Crippen molar-refractivity contribution in [2.24, 2.45) is 0 Å². The highest BCUT2D eigenvalue weighted by molar-refractivity contribution is 4.86. The van der Waals surface area contributed by atoms with Gasteiger partial charge in [-0.05, 0) is 19.4 Å². The Hall–Kier alpha value is -0.520. The molecule has 2 heteroatoms. The zero-order valence-electron chi connectivity index (χ0n) is 9.26. The van der Waals surface area contributed by atoms with Crippen LogP contribution in [-0.4, -0.2) is 37.1 Å². The van der Waals surface area contributed by atoms with E-state index in [0.717, 1.165) is 19.1 Å². The summed E-state index contributed by atoms with van der Waals surface area (Å²) in [7, 11) is 0. The van der Waals surface area contributed by atoms with E-state index in [2.05, 4.69) is 23.1 Å². The second-order valence-corrected chi connectivity index (χ2v) is 3.95. The van der Waals surface area contributed by atoms with E-state index in [1.807, 2.05) is 0 Å². The van der Waals surface area contributed by atoms with Crippen molar-refractivity contribution in [2.75, 3.05) is 26.2 Å². The predicted molar refractivity (Wildman–Crippen MR) is 61.2 cm³/mol. The second kappa shape index (κ2) is 6.86. The summed E-state index contributed by atoms with van der Waals surface area (Å²) in [5, 5.41) is 3.25. The zero-order chi connectivity index (χ0) is 10.2. The van der Waals surface area contributed by atoms with E-state index in [4.69, 9.17) is 6.42 Å². The van der Waals surface area contributed by atoms with Crippen LogP contribution in [0.2, 0.25) is 0 Å². The monoisotopic (exact) mass is 194 g/mol. The molecule has 14 heavy (non-hydrogen) atoms. The average molecular weight is 194 g/mol. The lowest BCUT2D eigenvalue weighted by Gasteiger charge is -2.27. The molecule has 0 saturated heterocycles. The van der Waals surface area contributed by atoms with E-state index in [1.54, 1.807) is 0 Å². The van der Waals surface area contributed by atoms with Gasteiger partial charge in [0.05, 0.1) is 6.54 Å². The second-order valence-electron chi connectivity index (χ2n) is 3.95. The number of terminal acetylenes is 1. The molecule has 1 aliphatic rings. The summed E-state index contributed by atoms with van der Waals surface area (Å²) in [4.78, 5) is 2.58. The summed E-state index contributed by atoms with van der Waals surface area (Å²) in [5.74, 6) is 2.60. The molecule has 0 heterocycles. The third-order valence-corrected chi connectivity index (χ3v) is 3.05. The van der Waals surface area contributed by atoms with Gasteiger partial charge in [0.25, 0.3) is 0 Å². The number of hydrogen-bond acceptors (Lipinski definition) is 2. The van der Waals surface area contributed by atoms with Crippen LogP contribution in [0.3, 0.4) is 0 Å². The Morgan fingerprint density at radius 3 is 2.71 bits per heavy atom. The number of likely N-dealkylation sites (N-methyl/N-ethyl adjacent to an activating group) is 1. The maximum Gasteiger partial charge on any atom is 0.0574 e. The van der Waals surface area contributed by atoms with E-state index in [-0.39, 0.29) is 0 Å². The summed E-state index contributed by atoms with van der Waals surface area (Å²) < 4.78 is 0. The van der Waals surface area contributed by atoms with Crippen LogP contribution < -0.4 is 5.32 Å². The first-order valence-electron chi connectivity index (χ1n) is 5.76. The van der Waals surface area contributed by atoms with Crippen molar-refractivity contribution < 1.29 is 0 Å². The molecule has 0 aliphatic heterocycles. The van der Waals surface area contributed by atoms with Crippen LogP contribution in [0.1, 0.15) is 32.6 Å². The van der Waals surface area contributed by atoms with Gasteiger partial charge in [0, 0.05) is 19.1 Å². The Kier molecular flexibility index (Phi) is 5.66. The van der Waals surface area contributed by atoms with Crippen molar-refractivity contribution in [3.63, 3.8) is 0 Å². The van der Waals surface area contributed by atoms with Gasteiger partial charge in [-0.25, -0.2) is 0 Å². The molecule has 0 aromatic carbocycles. The number of nitrogens with one attached hydrogen (secondary N) is 1. The lowest BCUT2D eigenvalue weighted by molar-refractivity contribution is 0.210. The molecule has 0 atom stereocenters.